The molecule has 0 spiro atoms. The van der Waals surface area contributed by atoms with Crippen LogP contribution in [0.25, 0.3) is 0 Å². The maximum atomic E-state index is 12.5. The third-order valence-electron chi connectivity index (χ3n) is 3.11. The van der Waals surface area contributed by atoms with Crippen LogP contribution in [0, 0.1) is 0 Å². The molecule has 0 fully saturated rings. The summed E-state index contributed by atoms with van der Waals surface area (Å²) in [6.07, 6.45) is 0.0313. The van der Waals surface area contributed by atoms with Gasteiger partial charge < -0.3 is 0 Å². The quantitative estimate of drug-likeness (QED) is 0.394. The molecule has 2 aromatic rings. The number of benzene rings is 2. The number of carbonyl (C=O) groups is 1. The van der Waals surface area contributed by atoms with Gasteiger partial charge in [-0.2, -0.15) is 0 Å². The number of carbonyl (C=O) groups excluding carboxylic acids is 1. The summed E-state index contributed by atoms with van der Waals surface area (Å²) in [5, 5.41) is 0.502. The zero-order valence-corrected chi connectivity index (χ0v) is 17.6. The van der Waals surface area contributed by atoms with Crippen molar-refractivity contribution in [1.29, 1.82) is 0 Å². The molecule has 0 saturated carbocycles. The number of ether oxygens (including phenoxy) is 2. The molecule has 0 bridgehead atoms. The second-order valence-corrected chi connectivity index (χ2v) is 11.6. The molecule has 0 aromatic heterocycles. The molecule has 0 aliphatic heterocycles. The van der Waals surface area contributed by atoms with Gasteiger partial charge in [0.15, 0.2) is 0 Å². The molecular formula is C18H17Cl3O3Ru. The Labute approximate surface area is 165 Å². The van der Waals surface area contributed by atoms with Gasteiger partial charge >= 0.3 is 166 Å². The molecule has 0 aliphatic rings. The van der Waals surface area contributed by atoms with E-state index in [-0.39, 0.29) is 12.7 Å². The molecule has 0 heterocycles. The standard InChI is InChI=1S/C18H17ClO3.2ClH.Ru/c1-12(2)22-17-7-5-4-6-14(17)11-21-18(20)16-9-8-15(19)10-13(16)3;;;/h3-10,12H,11H2,1-2H3;2*1H;/q;;;+2/p-2. The molecule has 7 heteroatoms. The molecular weight excluding hydrogens is 472 g/mol. The van der Waals surface area contributed by atoms with Crippen molar-refractivity contribution in [2.24, 2.45) is 0 Å². The Hall–Kier alpha value is -0.927. The molecule has 0 N–H and O–H groups in total. The van der Waals surface area contributed by atoms with Crippen molar-refractivity contribution in [2.75, 3.05) is 0 Å². The summed E-state index contributed by atoms with van der Waals surface area (Å²) >= 11 is 3.89. The van der Waals surface area contributed by atoms with Gasteiger partial charge in [-0.05, 0) is 0 Å². The number of esters is 1. The molecule has 0 atom stereocenters. The van der Waals surface area contributed by atoms with E-state index in [4.69, 9.17) is 40.5 Å². The third-order valence-corrected chi connectivity index (χ3v) is 5.18. The van der Waals surface area contributed by atoms with Crippen molar-refractivity contribution in [2.45, 2.75) is 26.6 Å². The summed E-state index contributed by atoms with van der Waals surface area (Å²) in [5.41, 5.74) is 1.77. The predicted molar refractivity (Wildman–Crippen MR) is 99.6 cm³/mol. The van der Waals surface area contributed by atoms with Gasteiger partial charge in [-0.3, -0.25) is 0 Å². The Kier molecular flexibility index (Phi) is 7.90. The van der Waals surface area contributed by atoms with E-state index in [1.54, 1.807) is 22.8 Å². The van der Waals surface area contributed by atoms with Crippen LogP contribution in [0.5, 0.6) is 5.75 Å². The zero-order chi connectivity index (χ0) is 18.4. The fourth-order valence-electron chi connectivity index (χ4n) is 2.10. The summed E-state index contributed by atoms with van der Waals surface area (Å²) < 4.78 is 12.9. The van der Waals surface area contributed by atoms with E-state index in [2.05, 4.69) is 0 Å². The van der Waals surface area contributed by atoms with Crippen LogP contribution in [0.2, 0.25) is 5.02 Å². The van der Waals surface area contributed by atoms with E-state index in [1.165, 1.54) is 0 Å². The van der Waals surface area contributed by atoms with Gasteiger partial charge in [0.1, 0.15) is 0 Å². The number of para-hydroxylation sites is 1. The first kappa shape index (κ1) is 20.4. The molecule has 2 rings (SSSR count). The number of rotatable bonds is 6. The van der Waals surface area contributed by atoms with Crippen molar-refractivity contribution in [3.63, 3.8) is 0 Å². The van der Waals surface area contributed by atoms with Crippen LogP contribution in [0.1, 0.15) is 35.3 Å². The molecule has 2 aromatic carbocycles. The van der Waals surface area contributed by atoms with Gasteiger partial charge in [0.2, 0.25) is 0 Å². The molecule has 0 saturated heterocycles. The Morgan fingerprint density at radius 2 is 1.92 bits per heavy atom. The molecule has 136 valence electrons. The number of hydrogen-bond acceptors (Lipinski definition) is 3. The Morgan fingerprint density at radius 3 is 2.60 bits per heavy atom. The normalized spacial score (nSPS) is 11.2. The number of hydrogen-bond donors (Lipinski definition) is 0. The van der Waals surface area contributed by atoms with Gasteiger partial charge in [0.25, 0.3) is 0 Å². The first-order valence-corrected chi connectivity index (χ1v) is 13.3. The van der Waals surface area contributed by atoms with Crippen LogP contribution < -0.4 is 4.74 Å². The van der Waals surface area contributed by atoms with Gasteiger partial charge in [-0.15, -0.1) is 0 Å². The average Bonchev–Trinajstić information content (AvgIpc) is 2.53. The van der Waals surface area contributed by atoms with Crippen molar-refractivity contribution < 1.29 is 27.8 Å². The molecule has 3 nitrogen and oxygen atoms in total. The van der Waals surface area contributed by atoms with E-state index in [9.17, 15) is 4.79 Å². The maximum absolute atomic E-state index is 12.5. The van der Waals surface area contributed by atoms with Crippen LogP contribution in [0.15, 0.2) is 42.5 Å². The van der Waals surface area contributed by atoms with E-state index in [0.717, 1.165) is 5.56 Å². The third kappa shape index (κ3) is 6.38. The summed E-state index contributed by atoms with van der Waals surface area (Å²) in [6.45, 7) is 3.99. The minimum atomic E-state index is -2.10. The average molecular weight is 489 g/mol. The number of halogens is 3. The van der Waals surface area contributed by atoms with Crippen molar-refractivity contribution in [3.8, 4) is 5.75 Å². The molecule has 0 aliphatic carbocycles. The fraction of sp³-hybridized carbons (Fsp3) is 0.222. The van der Waals surface area contributed by atoms with Crippen LogP contribution in [0.3, 0.4) is 0 Å². The van der Waals surface area contributed by atoms with Crippen LogP contribution >= 0.6 is 31.0 Å². The van der Waals surface area contributed by atoms with E-state index >= 15 is 0 Å². The Balaban J connectivity index is 2.18. The van der Waals surface area contributed by atoms with E-state index in [0.29, 0.717) is 21.9 Å². The van der Waals surface area contributed by atoms with Gasteiger partial charge in [-0.1, -0.05) is 0 Å². The second-order valence-electron chi connectivity index (χ2n) is 5.39. The SMILES string of the molecule is CC(C)Oc1ccccc1COC(=O)c1ccc(Cl)cc1[CH]=[Ru]([Cl])[Cl]. The Bertz CT molecular complexity index is 787. The molecule has 25 heavy (non-hydrogen) atoms. The zero-order valence-electron chi connectivity index (χ0n) is 13.6. The first-order chi connectivity index (χ1) is 11.9. The molecule has 0 unspecified atom stereocenters. The van der Waals surface area contributed by atoms with E-state index in [1.807, 2.05) is 38.1 Å². The summed E-state index contributed by atoms with van der Waals surface area (Å²) in [4.78, 5) is 12.5. The van der Waals surface area contributed by atoms with Crippen molar-refractivity contribution in [1.82, 2.24) is 0 Å². The predicted octanol–water partition coefficient (Wildman–Crippen LogP) is 5.56. The minimum absolute atomic E-state index is 0.0313. The fourth-order valence-corrected chi connectivity index (χ4v) is 4.09. The van der Waals surface area contributed by atoms with Crippen molar-refractivity contribution >= 4 is 41.6 Å². The van der Waals surface area contributed by atoms with Crippen molar-refractivity contribution in [3.05, 3.63) is 64.2 Å². The second kappa shape index (κ2) is 9.68. The van der Waals surface area contributed by atoms with Crippen LogP contribution in [-0.2, 0) is 24.9 Å². The topological polar surface area (TPSA) is 35.5 Å². The summed E-state index contributed by atoms with van der Waals surface area (Å²) in [5.74, 6) is 0.230. The Morgan fingerprint density at radius 1 is 1.20 bits per heavy atom. The summed E-state index contributed by atoms with van der Waals surface area (Å²) in [7, 11) is 11.8. The summed E-state index contributed by atoms with van der Waals surface area (Å²) in [6, 6.07) is 12.3. The first-order valence-electron chi connectivity index (χ1n) is 7.41. The van der Waals surface area contributed by atoms with Gasteiger partial charge in [-0.25, -0.2) is 0 Å². The molecule has 0 radical (unpaired) electrons. The molecule has 0 amide bonds. The van der Waals surface area contributed by atoms with E-state index < -0.39 is 19.5 Å². The van der Waals surface area contributed by atoms with Gasteiger partial charge in [0, 0.05) is 0 Å². The van der Waals surface area contributed by atoms with Gasteiger partial charge in [0.05, 0.1) is 0 Å². The monoisotopic (exact) mass is 488 g/mol. The van der Waals surface area contributed by atoms with Crippen LogP contribution in [-0.4, -0.2) is 16.7 Å². The van der Waals surface area contributed by atoms with Crippen LogP contribution in [0.4, 0.5) is 0 Å².